The summed E-state index contributed by atoms with van der Waals surface area (Å²) in [5.41, 5.74) is -5.54. The lowest BCUT2D eigenvalue weighted by atomic mass is 10.1. The monoisotopic (exact) mass is 443 g/mol. The van der Waals surface area contributed by atoms with E-state index in [0.717, 1.165) is 23.2 Å². The number of urea groups is 1. The molecule has 0 atom stereocenters. The fourth-order valence-electron chi connectivity index (χ4n) is 2.80. The summed E-state index contributed by atoms with van der Waals surface area (Å²) in [5.74, 6) is -1.98. The van der Waals surface area contributed by atoms with E-state index in [2.05, 4.69) is 4.98 Å². The van der Waals surface area contributed by atoms with E-state index in [1.54, 1.807) is 0 Å². The number of nitrogens with zero attached hydrogens (tertiary/aromatic N) is 3. The van der Waals surface area contributed by atoms with Crippen LogP contribution in [0.25, 0.3) is 0 Å². The lowest BCUT2D eigenvalue weighted by Crippen LogP contribution is -2.33. The highest BCUT2D eigenvalue weighted by molar-refractivity contribution is 7.92. The van der Waals surface area contributed by atoms with Crippen molar-refractivity contribution >= 4 is 33.4 Å². The van der Waals surface area contributed by atoms with E-state index >= 15 is 0 Å². The van der Waals surface area contributed by atoms with Gasteiger partial charge in [0.2, 0.25) is 0 Å². The number of benzene rings is 1. The van der Waals surface area contributed by atoms with Crippen LogP contribution in [0.5, 0.6) is 0 Å². The number of sulfone groups is 1. The van der Waals surface area contributed by atoms with E-state index < -0.39 is 44.7 Å². The molecule has 1 aromatic heterocycles. The van der Waals surface area contributed by atoms with Gasteiger partial charge in [0.05, 0.1) is 16.1 Å². The van der Waals surface area contributed by atoms with Crippen LogP contribution in [-0.4, -0.2) is 53.4 Å². The molecule has 1 aliphatic heterocycles. The van der Waals surface area contributed by atoms with Gasteiger partial charge in [-0.15, -0.1) is 0 Å². The third kappa shape index (κ3) is 3.70. The number of hydrogen-bond donors (Lipinski definition) is 1. The number of halogens is 3. The van der Waals surface area contributed by atoms with Crippen molar-refractivity contribution in [2.45, 2.75) is 16.9 Å². The number of aromatic nitrogens is 1. The van der Waals surface area contributed by atoms with E-state index in [4.69, 9.17) is 0 Å². The fourth-order valence-corrected chi connectivity index (χ4v) is 3.56. The third-order valence-corrected chi connectivity index (χ3v) is 5.75. The summed E-state index contributed by atoms with van der Waals surface area (Å²) in [6, 6.07) is 3.65. The van der Waals surface area contributed by atoms with Crippen LogP contribution in [0.1, 0.15) is 15.9 Å². The Labute approximate surface area is 167 Å². The van der Waals surface area contributed by atoms with Gasteiger partial charge in [0.1, 0.15) is 6.54 Å². The predicted octanol–water partition coefficient (Wildman–Crippen LogP) is 2.04. The van der Waals surface area contributed by atoms with E-state index in [1.807, 2.05) is 0 Å². The van der Waals surface area contributed by atoms with Gasteiger partial charge in [-0.3, -0.25) is 9.78 Å². The molecule has 0 saturated carbocycles. The Morgan fingerprint density at radius 1 is 1.13 bits per heavy atom. The Kier molecular flexibility index (Phi) is 5.24. The highest BCUT2D eigenvalue weighted by Gasteiger charge is 2.47. The molecule has 0 aliphatic carbocycles. The van der Waals surface area contributed by atoms with Gasteiger partial charge < -0.3 is 10.0 Å². The second-order valence-electron chi connectivity index (χ2n) is 6.15. The average Bonchev–Trinajstić information content (AvgIpc) is 2.94. The number of aromatic carboxylic acids is 1. The third-order valence-electron chi connectivity index (χ3n) is 4.25. The smallest absolute Gasteiger partial charge is 0.478 e. The molecular weight excluding hydrogens is 431 g/mol. The second kappa shape index (κ2) is 7.40. The normalized spacial score (nSPS) is 15.0. The van der Waals surface area contributed by atoms with Crippen LogP contribution in [-0.2, 0) is 21.2 Å². The topological polar surface area (TPSA) is 125 Å². The van der Waals surface area contributed by atoms with E-state index in [-0.39, 0.29) is 23.4 Å². The molecule has 30 heavy (non-hydrogen) atoms. The summed E-state index contributed by atoms with van der Waals surface area (Å²) in [7, 11) is -5.57. The summed E-state index contributed by atoms with van der Waals surface area (Å²) >= 11 is 0. The average molecular weight is 443 g/mol. The van der Waals surface area contributed by atoms with Crippen molar-refractivity contribution in [1.29, 1.82) is 0 Å². The summed E-state index contributed by atoms with van der Waals surface area (Å²) in [5, 5.41) is 9.19. The number of carboxylic acid groups (broad SMARTS) is 1. The van der Waals surface area contributed by atoms with Crippen molar-refractivity contribution in [3.63, 3.8) is 0 Å². The maximum Gasteiger partial charge on any atom is 0.501 e. The molecule has 1 N–H and O–H groups in total. The molecule has 158 valence electrons. The zero-order valence-corrected chi connectivity index (χ0v) is 15.6. The Bertz CT molecular complexity index is 1130. The first kappa shape index (κ1) is 21.2. The second-order valence-corrected chi connectivity index (χ2v) is 8.09. The van der Waals surface area contributed by atoms with Gasteiger partial charge in [-0.2, -0.15) is 13.2 Å². The Balaban J connectivity index is 1.85. The molecular formula is C17H12F3N3O6S. The van der Waals surface area contributed by atoms with Gasteiger partial charge in [-0.05, 0) is 35.9 Å². The lowest BCUT2D eigenvalue weighted by Gasteiger charge is -2.18. The molecule has 1 fully saturated rings. The fraction of sp³-hybridized carbons (Fsp3) is 0.176. The van der Waals surface area contributed by atoms with Gasteiger partial charge in [0.15, 0.2) is 0 Å². The molecule has 0 spiro atoms. The van der Waals surface area contributed by atoms with Crippen molar-refractivity contribution < 1.29 is 41.1 Å². The Hall–Kier alpha value is -3.48. The number of carbonyl (C=O) groups is 3. The molecule has 1 saturated heterocycles. The highest BCUT2D eigenvalue weighted by Crippen LogP contribution is 2.32. The van der Waals surface area contributed by atoms with Crippen LogP contribution in [0.3, 0.4) is 0 Å². The van der Waals surface area contributed by atoms with Crippen molar-refractivity contribution in [3.8, 4) is 0 Å². The maximum atomic E-state index is 12.6. The minimum atomic E-state index is -5.57. The van der Waals surface area contributed by atoms with Gasteiger partial charge in [-0.1, -0.05) is 0 Å². The van der Waals surface area contributed by atoms with Gasteiger partial charge >= 0.3 is 17.5 Å². The molecule has 1 aromatic carbocycles. The SMILES string of the molecule is O=C(O)c1cnccc1CN1CC(=O)N(c2ccc(S(=O)(=O)C(F)(F)F)cc2)C1=O. The van der Waals surface area contributed by atoms with Crippen LogP contribution in [0.15, 0.2) is 47.6 Å². The number of pyridine rings is 1. The Morgan fingerprint density at radius 2 is 1.77 bits per heavy atom. The van der Waals surface area contributed by atoms with Gasteiger partial charge in [-0.25, -0.2) is 22.9 Å². The van der Waals surface area contributed by atoms with Crippen molar-refractivity contribution in [1.82, 2.24) is 9.88 Å². The van der Waals surface area contributed by atoms with Crippen LogP contribution < -0.4 is 4.90 Å². The van der Waals surface area contributed by atoms with E-state index in [9.17, 15) is 41.1 Å². The first-order valence-corrected chi connectivity index (χ1v) is 9.61. The number of anilines is 1. The lowest BCUT2D eigenvalue weighted by molar-refractivity contribution is -0.116. The molecule has 0 unspecified atom stereocenters. The maximum absolute atomic E-state index is 12.6. The van der Waals surface area contributed by atoms with Gasteiger partial charge in [0, 0.05) is 18.9 Å². The zero-order chi connectivity index (χ0) is 22.3. The summed E-state index contributed by atoms with van der Waals surface area (Å²) in [6.07, 6.45) is 2.42. The number of imide groups is 1. The summed E-state index contributed by atoms with van der Waals surface area (Å²) < 4.78 is 60.7. The van der Waals surface area contributed by atoms with Crippen molar-refractivity contribution in [2.75, 3.05) is 11.4 Å². The molecule has 1 aliphatic rings. The molecule has 13 heteroatoms. The minimum absolute atomic E-state index is 0.123. The van der Waals surface area contributed by atoms with Crippen LogP contribution in [0, 0.1) is 0 Å². The van der Waals surface area contributed by atoms with Crippen LogP contribution in [0.2, 0.25) is 0 Å². The van der Waals surface area contributed by atoms with E-state index in [0.29, 0.717) is 17.0 Å². The number of rotatable bonds is 5. The standard InChI is InChI=1S/C17H12F3N3O6S/c18-17(19,20)30(28,29)12-3-1-11(2-4-12)23-14(24)9-22(16(23)27)8-10-5-6-21-7-13(10)15(25)26/h1-7H,8-9H2,(H,25,26). The number of alkyl halides is 3. The zero-order valence-electron chi connectivity index (χ0n) is 14.8. The quantitative estimate of drug-likeness (QED) is 0.701. The molecule has 0 radical (unpaired) electrons. The number of carboxylic acids is 1. The minimum Gasteiger partial charge on any atom is -0.478 e. The number of carbonyl (C=O) groups excluding carboxylic acids is 2. The van der Waals surface area contributed by atoms with Crippen LogP contribution >= 0.6 is 0 Å². The highest BCUT2D eigenvalue weighted by atomic mass is 32.2. The molecule has 9 nitrogen and oxygen atoms in total. The largest absolute Gasteiger partial charge is 0.501 e. The molecule has 3 amide bonds. The molecule has 2 heterocycles. The first-order chi connectivity index (χ1) is 13.9. The van der Waals surface area contributed by atoms with Crippen molar-refractivity contribution in [2.24, 2.45) is 0 Å². The first-order valence-electron chi connectivity index (χ1n) is 8.13. The van der Waals surface area contributed by atoms with E-state index in [1.165, 1.54) is 12.3 Å². The van der Waals surface area contributed by atoms with Crippen LogP contribution in [0.4, 0.5) is 23.7 Å². The molecule has 3 rings (SSSR count). The number of amides is 3. The molecule has 2 aromatic rings. The predicted molar refractivity (Wildman–Crippen MR) is 94.2 cm³/mol. The summed E-state index contributed by atoms with van der Waals surface area (Å²) in [6.45, 7) is -0.616. The molecule has 0 bridgehead atoms. The summed E-state index contributed by atoms with van der Waals surface area (Å²) in [4.78, 5) is 40.5. The van der Waals surface area contributed by atoms with Gasteiger partial charge in [0.25, 0.3) is 15.7 Å². The number of hydrogen-bond acceptors (Lipinski definition) is 6. The van der Waals surface area contributed by atoms with Crippen molar-refractivity contribution in [3.05, 3.63) is 53.9 Å². The Morgan fingerprint density at radius 3 is 2.33 bits per heavy atom.